The van der Waals surface area contributed by atoms with E-state index in [0.29, 0.717) is 5.92 Å². The molecule has 1 N–H and O–H groups in total. The Bertz CT molecular complexity index is 736. The summed E-state index contributed by atoms with van der Waals surface area (Å²) < 4.78 is 2.02. The number of carbonyl (C=O) groups is 1. The molecule has 1 aromatic heterocycles. The van der Waals surface area contributed by atoms with Crippen LogP contribution < -0.4 is 5.32 Å². The molecule has 1 aromatic carbocycles. The van der Waals surface area contributed by atoms with Crippen molar-refractivity contribution in [1.82, 2.24) is 14.8 Å². The second-order valence-electron chi connectivity index (χ2n) is 6.24. The van der Waals surface area contributed by atoms with Gasteiger partial charge < -0.3 is 9.88 Å². The van der Waals surface area contributed by atoms with Crippen molar-refractivity contribution in [2.75, 3.05) is 5.32 Å². The highest BCUT2D eigenvalue weighted by molar-refractivity contribution is 8.00. The molecular formula is C17H22N4OS. The molecule has 0 saturated heterocycles. The fourth-order valence-corrected chi connectivity index (χ4v) is 3.26. The minimum atomic E-state index is -0.232. The Morgan fingerprint density at radius 1 is 1.35 bits per heavy atom. The summed E-state index contributed by atoms with van der Waals surface area (Å²) in [6.07, 6.45) is 2.39. The van der Waals surface area contributed by atoms with Gasteiger partial charge in [-0.1, -0.05) is 23.9 Å². The van der Waals surface area contributed by atoms with E-state index in [4.69, 9.17) is 0 Å². The highest BCUT2D eigenvalue weighted by Gasteiger charge is 2.30. The number of hydrogen-bond donors (Lipinski definition) is 1. The Balaban J connectivity index is 1.66. The van der Waals surface area contributed by atoms with Crippen LogP contribution in [0.5, 0.6) is 0 Å². The Morgan fingerprint density at radius 3 is 2.78 bits per heavy atom. The molecule has 1 fully saturated rings. The first-order valence-corrected chi connectivity index (χ1v) is 8.77. The van der Waals surface area contributed by atoms with E-state index in [9.17, 15) is 4.79 Å². The maximum Gasteiger partial charge on any atom is 0.237 e. The van der Waals surface area contributed by atoms with Crippen molar-refractivity contribution in [2.24, 2.45) is 7.05 Å². The molecule has 0 bridgehead atoms. The predicted molar refractivity (Wildman–Crippen MR) is 92.8 cm³/mol. The van der Waals surface area contributed by atoms with Crippen molar-refractivity contribution in [3.8, 4) is 0 Å². The largest absolute Gasteiger partial charge is 0.325 e. The van der Waals surface area contributed by atoms with E-state index in [1.54, 1.807) is 0 Å². The van der Waals surface area contributed by atoms with E-state index in [2.05, 4.69) is 15.5 Å². The van der Waals surface area contributed by atoms with Crippen LogP contribution in [-0.4, -0.2) is 25.9 Å². The molecule has 3 rings (SSSR count). The van der Waals surface area contributed by atoms with Gasteiger partial charge in [-0.2, -0.15) is 0 Å². The molecule has 1 aliphatic carbocycles. The van der Waals surface area contributed by atoms with E-state index >= 15 is 0 Å². The van der Waals surface area contributed by atoms with Gasteiger partial charge in [0.15, 0.2) is 5.16 Å². The first kappa shape index (κ1) is 16.1. The third-order valence-electron chi connectivity index (χ3n) is 4.11. The summed E-state index contributed by atoms with van der Waals surface area (Å²) in [5, 5.41) is 12.1. The second kappa shape index (κ2) is 6.35. The van der Waals surface area contributed by atoms with E-state index in [0.717, 1.165) is 27.8 Å². The second-order valence-corrected chi connectivity index (χ2v) is 7.55. The van der Waals surface area contributed by atoms with Gasteiger partial charge >= 0.3 is 0 Å². The van der Waals surface area contributed by atoms with Gasteiger partial charge in [-0.15, -0.1) is 10.2 Å². The van der Waals surface area contributed by atoms with Crippen molar-refractivity contribution in [2.45, 2.75) is 49.9 Å². The first-order chi connectivity index (χ1) is 11.0. The third-order valence-corrected chi connectivity index (χ3v) is 5.25. The summed E-state index contributed by atoms with van der Waals surface area (Å²) in [6.45, 7) is 5.92. The van der Waals surface area contributed by atoms with Crippen molar-refractivity contribution in [3.05, 3.63) is 35.2 Å². The molecule has 23 heavy (non-hydrogen) atoms. The van der Waals surface area contributed by atoms with Crippen LogP contribution in [-0.2, 0) is 11.8 Å². The molecule has 0 radical (unpaired) electrons. The van der Waals surface area contributed by atoms with Crippen molar-refractivity contribution in [3.63, 3.8) is 0 Å². The van der Waals surface area contributed by atoms with E-state index in [1.165, 1.54) is 24.6 Å². The topological polar surface area (TPSA) is 59.8 Å². The van der Waals surface area contributed by atoms with Crippen LogP contribution in [0.1, 0.15) is 42.6 Å². The number of nitrogens with zero attached hydrogens (tertiary/aromatic N) is 3. The van der Waals surface area contributed by atoms with Crippen LogP contribution >= 0.6 is 11.8 Å². The molecule has 0 spiro atoms. The van der Waals surface area contributed by atoms with Crippen LogP contribution in [0.3, 0.4) is 0 Å². The standard InChI is InChI=1S/C17H22N4OS/c1-10-5-6-11(2)14(9-10)18-16(22)12(3)23-17-20-19-15(21(17)4)13-7-8-13/h5-6,9,12-13H,7-8H2,1-4H3,(H,18,22)/t12-/m0/s1. The summed E-state index contributed by atoms with van der Waals surface area (Å²) in [5.74, 6) is 1.58. The Labute approximate surface area is 140 Å². The third kappa shape index (κ3) is 3.58. The van der Waals surface area contributed by atoms with Crippen LogP contribution in [0.2, 0.25) is 0 Å². The molecule has 0 aliphatic heterocycles. The Hall–Kier alpha value is -1.82. The number of aryl methyl sites for hydroxylation is 2. The highest BCUT2D eigenvalue weighted by atomic mass is 32.2. The average molecular weight is 330 g/mol. The number of aromatic nitrogens is 3. The molecular weight excluding hydrogens is 308 g/mol. The molecule has 1 saturated carbocycles. The lowest BCUT2D eigenvalue weighted by molar-refractivity contribution is -0.115. The van der Waals surface area contributed by atoms with Crippen LogP contribution in [0.25, 0.3) is 0 Å². The smallest absolute Gasteiger partial charge is 0.237 e. The number of anilines is 1. The van der Waals surface area contributed by atoms with Gasteiger partial charge in [0.25, 0.3) is 0 Å². The minimum Gasteiger partial charge on any atom is -0.325 e. The van der Waals surface area contributed by atoms with E-state index in [-0.39, 0.29) is 11.2 Å². The molecule has 6 heteroatoms. The number of rotatable bonds is 5. The fourth-order valence-electron chi connectivity index (χ4n) is 2.44. The summed E-state index contributed by atoms with van der Waals surface area (Å²) >= 11 is 1.45. The van der Waals surface area contributed by atoms with Crippen molar-refractivity contribution >= 4 is 23.4 Å². The number of benzene rings is 1. The van der Waals surface area contributed by atoms with Gasteiger partial charge in [0.2, 0.25) is 5.91 Å². The maximum absolute atomic E-state index is 12.5. The van der Waals surface area contributed by atoms with Gasteiger partial charge in [0.05, 0.1) is 5.25 Å². The lowest BCUT2D eigenvalue weighted by Gasteiger charge is -2.13. The fraction of sp³-hybridized carbons (Fsp3) is 0.471. The summed E-state index contributed by atoms with van der Waals surface area (Å²) in [6, 6.07) is 6.06. The molecule has 0 unspecified atom stereocenters. The van der Waals surface area contributed by atoms with Crippen molar-refractivity contribution in [1.29, 1.82) is 0 Å². The summed E-state index contributed by atoms with van der Waals surface area (Å²) in [4.78, 5) is 12.5. The normalized spacial score (nSPS) is 15.5. The summed E-state index contributed by atoms with van der Waals surface area (Å²) in [5.41, 5.74) is 3.07. The van der Waals surface area contributed by atoms with Crippen molar-refractivity contribution < 1.29 is 4.79 Å². The highest BCUT2D eigenvalue weighted by Crippen LogP contribution is 2.39. The minimum absolute atomic E-state index is 0.0142. The van der Waals surface area contributed by atoms with Gasteiger partial charge in [0, 0.05) is 18.7 Å². The van der Waals surface area contributed by atoms with Gasteiger partial charge in [-0.25, -0.2) is 0 Å². The predicted octanol–water partition coefficient (Wildman–Crippen LogP) is 3.43. The monoisotopic (exact) mass is 330 g/mol. The zero-order chi connectivity index (χ0) is 16.6. The number of amides is 1. The van der Waals surface area contributed by atoms with E-state index in [1.807, 2.05) is 50.6 Å². The SMILES string of the molecule is Cc1ccc(C)c(NC(=O)[C@H](C)Sc2nnc(C3CC3)n2C)c1. The van der Waals surface area contributed by atoms with E-state index < -0.39 is 0 Å². The van der Waals surface area contributed by atoms with Crippen LogP contribution in [0.15, 0.2) is 23.4 Å². The van der Waals surface area contributed by atoms with Gasteiger partial charge in [-0.05, 0) is 50.8 Å². The van der Waals surface area contributed by atoms with Gasteiger partial charge in [0.1, 0.15) is 5.82 Å². The summed E-state index contributed by atoms with van der Waals surface area (Å²) in [7, 11) is 1.98. The molecule has 1 amide bonds. The Morgan fingerprint density at radius 2 is 2.09 bits per heavy atom. The average Bonchev–Trinajstić information content (AvgIpc) is 3.29. The molecule has 1 heterocycles. The molecule has 122 valence electrons. The quantitative estimate of drug-likeness (QED) is 0.853. The molecule has 5 nitrogen and oxygen atoms in total. The van der Waals surface area contributed by atoms with Gasteiger partial charge in [-0.3, -0.25) is 4.79 Å². The zero-order valence-corrected chi connectivity index (χ0v) is 14.8. The first-order valence-electron chi connectivity index (χ1n) is 7.89. The lowest BCUT2D eigenvalue weighted by Crippen LogP contribution is -2.23. The number of carbonyl (C=O) groups excluding carboxylic acids is 1. The molecule has 1 atom stereocenters. The lowest BCUT2D eigenvalue weighted by atomic mass is 10.1. The molecule has 2 aromatic rings. The van der Waals surface area contributed by atoms with Crippen LogP contribution in [0, 0.1) is 13.8 Å². The molecule has 1 aliphatic rings. The number of nitrogens with one attached hydrogen (secondary N) is 1. The van der Waals surface area contributed by atoms with Crippen LogP contribution in [0.4, 0.5) is 5.69 Å². The number of thioether (sulfide) groups is 1. The number of hydrogen-bond acceptors (Lipinski definition) is 4. The Kier molecular flexibility index (Phi) is 4.43. The zero-order valence-electron chi connectivity index (χ0n) is 14.0. The maximum atomic E-state index is 12.5.